The Balaban J connectivity index is 1.89. The van der Waals surface area contributed by atoms with Gasteiger partial charge in [-0.2, -0.15) is 0 Å². The molecule has 0 saturated carbocycles. The summed E-state index contributed by atoms with van der Waals surface area (Å²) in [7, 11) is 0. The fourth-order valence-corrected chi connectivity index (χ4v) is 2.32. The number of carbonyl (C=O) groups is 1. The number of carbonyl (C=O) groups excluding carboxylic acids is 1. The van der Waals surface area contributed by atoms with Gasteiger partial charge in [-0.1, -0.05) is 30.3 Å². The number of nitrogens with zero attached hydrogens (tertiary/aromatic N) is 1. The van der Waals surface area contributed by atoms with E-state index in [4.69, 9.17) is 4.74 Å². The van der Waals surface area contributed by atoms with Gasteiger partial charge in [-0.3, -0.25) is 9.69 Å². The molecule has 0 radical (unpaired) electrons. The quantitative estimate of drug-likeness (QED) is 0.747. The first-order valence-corrected chi connectivity index (χ1v) is 6.17. The Hall–Kier alpha value is -1.35. The molecule has 1 aliphatic heterocycles. The first kappa shape index (κ1) is 12.1. The van der Waals surface area contributed by atoms with Crippen LogP contribution in [0.3, 0.4) is 0 Å². The molecule has 0 bridgehead atoms. The number of hydrogen-bond acceptors (Lipinski definition) is 3. The summed E-state index contributed by atoms with van der Waals surface area (Å²) in [5, 5.41) is 0. The average molecular weight is 233 g/mol. The number of rotatable bonds is 4. The van der Waals surface area contributed by atoms with E-state index in [1.807, 2.05) is 6.07 Å². The fourth-order valence-electron chi connectivity index (χ4n) is 2.32. The molecule has 3 nitrogen and oxygen atoms in total. The normalized spacial score (nSPS) is 20.4. The smallest absolute Gasteiger partial charge is 0.302 e. The largest absolute Gasteiger partial charge is 0.464 e. The first-order valence-electron chi connectivity index (χ1n) is 6.17. The zero-order valence-corrected chi connectivity index (χ0v) is 10.3. The Bertz CT molecular complexity index is 364. The van der Waals surface area contributed by atoms with Crippen LogP contribution < -0.4 is 0 Å². The molecule has 0 aliphatic carbocycles. The fraction of sp³-hybridized carbons (Fsp3) is 0.500. The minimum atomic E-state index is -0.184. The molecular weight excluding hydrogens is 214 g/mol. The second kappa shape index (κ2) is 5.82. The van der Waals surface area contributed by atoms with Crippen LogP contribution in [0.1, 0.15) is 25.3 Å². The molecule has 92 valence electrons. The SMILES string of the molecule is CC(=O)OC[C@H]1CCCN1Cc1ccccc1. The van der Waals surface area contributed by atoms with Crippen molar-refractivity contribution in [2.24, 2.45) is 0 Å². The molecule has 1 aromatic rings. The molecule has 1 aliphatic rings. The second-order valence-electron chi connectivity index (χ2n) is 4.55. The van der Waals surface area contributed by atoms with Crippen LogP contribution in [0.25, 0.3) is 0 Å². The van der Waals surface area contributed by atoms with Gasteiger partial charge >= 0.3 is 5.97 Å². The maximum Gasteiger partial charge on any atom is 0.302 e. The van der Waals surface area contributed by atoms with Gasteiger partial charge in [-0.05, 0) is 24.9 Å². The minimum Gasteiger partial charge on any atom is -0.464 e. The van der Waals surface area contributed by atoms with Crippen LogP contribution in [0.15, 0.2) is 30.3 Å². The molecule has 0 N–H and O–H groups in total. The van der Waals surface area contributed by atoms with Gasteiger partial charge in [-0.15, -0.1) is 0 Å². The first-order chi connectivity index (χ1) is 8.25. The summed E-state index contributed by atoms with van der Waals surface area (Å²) in [6.45, 7) is 4.05. The molecule has 2 rings (SSSR count). The number of benzene rings is 1. The number of esters is 1. The van der Waals surface area contributed by atoms with Gasteiger partial charge in [0.25, 0.3) is 0 Å². The van der Waals surface area contributed by atoms with Crippen molar-refractivity contribution in [1.82, 2.24) is 4.90 Å². The predicted octanol–water partition coefficient (Wildman–Crippen LogP) is 2.21. The Morgan fingerprint density at radius 1 is 1.41 bits per heavy atom. The Morgan fingerprint density at radius 2 is 2.18 bits per heavy atom. The zero-order valence-electron chi connectivity index (χ0n) is 10.3. The van der Waals surface area contributed by atoms with Crippen LogP contribution in [0.4, 0.5) is 0 Å². The zero-order chi connectivity index (χ0) is 12.1. The van der Waals surface area contributed by atoms with E-state index in [-0.39, 0.29) is 5.97 Å². The molecule has 1 atom stereocenters. The van der Waals surface area contributed by atoms with Gasteiger partial charge in [0, 0.05) is 19.5 Å². The highest BCUT2D eigenvalue weighted by atomic mass is 16.5. The minimum absolute atomic E-state index is 0.184. The summed E-state index contributed by atoms with van der Waals surface area (Å²) >= 11 is 0. The highest BCUT2D eigenvalue weighted by Crippen LogP contribution is 2.20. The molecule has 1 heterocycles. The summed E-state index contributed by atoms with van der Waals surface area (Å²) in [6, 6.07) is 10.8. The lowest BCUT2D eigenvalue weighted by Crippen LogP contribution is -2.33. The Morgan fingerprint density at radius 3 is 2.88 bits per heavy atom. The summed E-state index contributed by atoms with van der Waals surface area (Å²) in [5.74, 6) is -0.184. The predicted molar refractivity (Wildman–Crippen MR) is 66.5 cm³/mol. The van der Waals surface area contributed by atoms with Crippen LogP contribution in [-0.2, 0) is 16.1 Å². The molecule has 3 heteroatoms. The van der Waals surface area contributed by atoms with E-state index in [0.717, 1.165) is 19.5 Å². The molecule has 1 aromatic carbocycles. The molecule has 1 fully saturated rings. The van der Waals surface area contributed by atoms with Gasteiger partial charge in [0.2, 0.25) is 0 Å². The van der Waals surface area contributed by atoms with Gasteiger partial charge in [-0.25, -0.2) is 0 Å². The molecule has 0 unspecified atom stereocenters. The number of likely N-dealkylation sites (tertiary alicyclic amines) is 1. The van der Waals surface area contributed by atoms with E-state index in [2.05, 4.69) is 29.2 Å². The molecule has 0 spiro atoms. The van der Waals surface area contributed by atoms with Crippen molar-refractivity contribution in [3.05, 3.63) is 35.9 Å². The van der Waals surface area contributed by atoms with Crippen molar-refractivity contribution in [2.45, 2.75) is 32.4 Å². The summed E-state index contributed by atoms with van der Waals surface area (Å²) in [4.78, 5) is 13.2. The monoisotopic (exact) mass is 233 g/mol. The highest BCUT2D eigenvalue weighted by Gasteiger charge is 2.25. The molecule has 17 heavy (non-hydrogen) atoms. The van der Waals surface area contributed by atoms with E-state index in [9.17, 15) is 4.79 Å². The molecule has 1 saturated heterocycles. The van der Waals surface area contributed by atoms with Crippen molar-refractivity contribution >= 4 is 5.97 Å². The van der Waals surface area contributed by atoms with E-state index in [0.29, 0.717) is 12.6 Å². The van der Waals surface area contributed by atoms with Crippen molar-refractivity contribution in [1.29, 1.82) is 0 Å². The van der Waals surface area contributed by atoms with Crippen LogP contribution in [0.2, 0.25) is 0 Å². The van der Waals surface area contributed by atoms with E-state index >= 15 is 0 Å². The second-order valence-corrected chi connectivity index (χ2v) is 4.55. The van der Waals surface area contributed by atoms with E-state index in [1.54, 1.807) is 0 Å². The third kappa shape index (κ3) is 3.56. The molecular formula is C14H19NO2. The molecule has 0 aromatic heterocycles. The third-order valence-electron chi connectivity index (χ3n) is 3.21. The maximum absolute atomic E-state index is 10.8. The van der Waals surface area contributed by atoms with Crippen molar-refractivity contribution < 1.29 is 9.53 Å². The summed E-state index contributed by atoms with van der Waals surface area (Å²) < 4.78 is 5.11. The van der Waals surface area contributed by atoms with Gasteiger partial charge in [0.15, 0.2) is 0 Å². The molecule has 0 amide bonds. The van der Waals surface area contributed by atoms with Gasteiger partial charge in [0.1, 0.15) is 6.61 Å². The van der Waals surface area contributed by atoms with Crippen molar-refractivity contribution in [2.75, 3.05) is 13.2 Å². The Labute approximate surface area is 102 Å². The van der Waals surface area contributed by atoms with Crippen molar-refractivity contribution in [3.8, 4) is 0 Å². The van der Waals surface area contributed by atoms with Gasteiger partial charge in [0.05, 0.1) is 0 Å². The van der Waals surface area contributed by atoms with Crippen LogP contribution >= 0.6 is 0 Å². The van der Waals surface area contributed by atoms with Crippen LogP contribution in [0, 0.1) is 0 Å². The lowest BCUT2D eigenvalue weighted by Gasteiger charge is -2.23. The highest BCUT2D eigenvalue weighted by molar-refractivity contribution is 5.65. The topological polar surface area (TPSA) is 29.5 Å². The van der Waals surface area contributed by atoms with Crippen LogP contribution in [-0.4, -0.2) is 30.1 Å². The third-order valence-corrected chi connectivity index (χ3v) is 3.21. The summed E-state index contributed by atoms with van der Waals surface area (Å²) in [6.07, 6.45) is 2.32. The lowest BCUT2D eigenvalue weighted by atomic mass is 10.2. The van der Waals surface area contributed by atoms with Crippen molar-refractivity contribution in [3.63, 3.8) is 0 Å². The number of hydrogen-bond donors (Lipinski definition) is 0. The standard InChI is InChI=1S/C14H19NO2/c1-12(16)17-11-14-8-5-9-15(14)10-13-6-3-2-4-7-13/h2-4,6-7,14H,5,8-11H2,1H3/t14-/m1/s1. The lowest BCUT2D eigenvalue weighted by molar-refractivity contribution is -0.142. The Kier molecular flexibility index (Phi) is 4.15. The number of ether oxygens (including phenoxy) is 1. The van der Waals surface area contributed by atoms with E-state index < -0.39 is 0 Å². The average Bonchev–Trinajstić information content (AvgIpc) is 2.75. The van der Waals surface area contributed by atoms with Crippen LogP contribution in [0.5, 0.6) is 0 Å². The van der Waals surface area contributed by atoms with E-state index in [1.165, 1.54) is 18.9 Å². The summed E-state index contributed by atoms with van der Waals surface area (Å²) in [5.41, 5.74) is 1.32. The van der Waals surface area contributed by atoms with Gasteiger partial charge < -0.3 is 4.74 Å². The maximum atomic E-state index is 10.8.